The number of benzene rings is 1. The van der Waals surface area contributed by atoms with E-state index >= 15 is 0 Å². The number of hydrogen-bond acceptors (Lipinski definition) is 2. The first-order valence-corrected chi connectivity index (χ1v) is 6.00. The highest BCUT2D eigenvalue weighted by Crippen LogP contribution is 2.31. The van der Waals surface area contributed by atoms with Crippen LogP contribution in [0.4, 0.5) is 10.1 Å². The molecule has 0 aromatic heterocycles. The average molecular weight is 222 g/mol. The molecule has 0 saturated heterocycles. The summed E-state index contributed by atoms with van der Waals surface area (Å²) in [6.45, 7) is 2.66. The van der Waals surface area contributed by atoms with E-state index in [1.165, 1.54) is 18.9 Å². The lowest BCUT2D eigenvalue weighted by Gasteiger charge is -2.24. The molecule has 0 aliphatic heterocycles. The summed E-state index contributed by atoms with van der Waals surface area (Å²) in [6, 6.07) is 6.84. The van der Waals surface area contributed by atoms with E-state index < -0.39 is 0 Å². The van der Waals surface area contributed by atoms with E-state index in [9.17, 15) is 4.39 Å². The van der Waals surface area contributed by atoms with Gasteiger partial charge in [-0.2, -0.15) is 0 Å². The van der Waals surface area contributed by atoms with Crippen molar-refractivity contribution in [3.05, 3.63) is 30.1 Å². The quantitative estimate of drug-likeness (QED) is 0.800. The van der Waals surface area contributed by atoms with E-state index in [2.05, 4.69) is 4.90 Å². The predicted octanol–water partition coefficient (Wildman–Crippen LogP) is 2.39. The number of rotatable bonds is 6. The zero-order valence-electron chi connectivity index (χ0n) is 9.53. The highest BCUT2D eigenvalue weighted by Gasteiger charge is 2.24. The molecular formula is C13H19FN2. The minimum Gasteiger partial charge on any atom is -0.371 e. The lowest BCUT2D eigenvalue weighted by atomic mass is 10.2. The van der Waals surface area contributed by atoms with Crippen LogP contribution in [0.5, 0.6) is 0 Å². The molecule has 0 bridgehead atoms. The summed E-state index contributed by atoms with van der Waals surface area (Å²) in [4.78, 5) is 2.26. The van der Waals surface area contributed by atoms with Gasteiger partial charge in [0.05, 0.1) is 0 Å². The van der Waals surface area contributed by atoms with Gasteiger partial charge in [-0.25, -0.2) is 4.39 Å². The Labute approximate surface area is 96.2 Å². The van der Waals surface area contributed by atoms with Gasteiger partial charge in [0.2, 0.25) is 0 Å². The molecule has 16 heavy (non-hydrogen) atoms. The monoisotopic (exact) mass is 222 g/mol. The van der Waals surface area contributed by atoms with Crippen molar-refractivity contribution < 1.29 is 4.39 Å². The SMILES string of the molecule is NCCCN(CC1CC1)c1cccc(F)c1. The summed E-state index contributed by atoms with van der Waals surface area (Å²) in [5.74, 6) is 0.645. The maximum atomic E-state index is 13.2. The van der Waals surface area contributed by atoms with Crippen LogP contribution >= 0.6 is 0 Å². The molecule has 88 valence electrons. The second-order valence-electron chi connectivity index (χ2n) is 4.51. The number of anilines is 1. The summed E-state index contributed by atoms with van der Waals surface area (Å²) in [6.07, 6.45) is 3.59. The maximum Gasteiger partial charge on any atom is 0.125 e. The fraction of sp³-hybridized carbons (Fsp3) is 0.538. The Hall–Kier alpha value is -1.09. The number of halogens is 1. The van der Waals surface area contributed by atoms with Gasteiger partial charge in [0.15, 0.2) is 0 Å². The van der Waals surface area contributed by atoms with Gasteiger partial charge in [-0.3, -0.25) is 0 Å². The van der Waals surface area contributed by atoms with E-state index in [-0.39, 0.29) is 5.82 Å². The molecule has 1 aliphatic rings. The van der Waals surface area contributed by atoms with Crippen molar-refractivity contribution >= 4 is 5.69 Å². The number of hydrogen-bond donors (Lipinski definition) is 1. The largest absolute Gasteiger partial charge is 0.371 e. The van der Waals surface area contributed by atoms with Gasteiger partial charge in [0.25, 0.3) is 0 Å². The minimum absolute atomic E-state index is 0.161. The Balaban J connectivity index is 2.03. The minimum atomic E-state index is -0.161. The highest BCUT2D eigenvalue weighted by molar-refractivity contribution is 5.46. The predicted molar refractivity (Wildman–Crippen MR) is 65.0 cm³/mol. The summed E-state index contributed by atoms with van der Waals surface area (Å²) < 4.78 is 13.2. The molecule has 0 heterocycles. The Kier molecular flexibility index (Phi) is 3.78. The molecule has 1 aliphatic carbocycles. The van der Waals surface area contributed by atoms with E-state index in [0.29, 0.717) is 6.54 Å². The third kappa shape index (κ3) is 3.20. The third-order valence-electron chi connectivity index (χ3n) is 2.98. The maximum absolute atomic E-state index is 13.2. The van der Waals surface area contributed by atoms with E-state index in [1.807, 2.05) is 6.07 Å². The average Bonchev–Trinajstić information content (AvgIpc) is 3.08. The molecule has 1 aromatic rings. The van der Waals surface area contributed by atoms with Crippen LogP contribution in [0.15, 0.2) is 24.3 Å². The molecule has 0 atom stereocenters. The lowest BCUT2D eigenvalue weighted by molar-refractivity contribution is 0.624. The molecule has 0 amide bonds. The summed E-state index contributed by atoms with van der Waals surface area (Å²) >= 11 is 0. The molecule has 2 N–H and O–H groups in total. The van der Waals surface area contributed by atoms with Gasteiger partial charge in [0.1, 0.15) is 5.82 Å². The zero-order valence-corrected chi connectivity index (χ0v) is 9.53. The Morgan fingerprint density at radius 3 is 2.81 bits per heavy atom. The fourth-order valence-electron chi connectivity index (χ4n) is 1.89. The topological polar surface area (TPSA) is 29.3 Å². The molecule has 1 fully saturated rings. The molecule has 1 aromatic carbocycles. The normalized spacial score (nSPS) is 15.1. The van der Waals surface area contributed by atoms with Crippen molar-refractivity contribution in [2.45, 2.75) is 19.3 Å². The van der Waals surface area contributed by atoms with Gasteiger partial charge in [-0.15, -0.1) is 0 Å². The van der Waals surface area contributed by atoms with Crippen LogP contribution in [0.25, 0.3) is 0 Å². The van der Waals surface area contributed by atoms with Crippen LogP contribution in [0, 0.1) is 11.7 Å². The van der Waals surface area contributed by atoms with Crippen LogP contribution in [-0.4, -0.2) is 19.6 Å². The second-order valence-corrected chi connectivity index (χ2v) is 4.51. The van der Waals surface area contributed by atoms with Crippen molar-refractivity contribution in [3.8, 4) is 0 Å². The number of nitrogens with zero attached hydrogens (tertiary/aromatic N) is 1. The van der Waals surface area contributed by atoms with Crippen LogP contribution in [0.3, 0.4) is 0 Å². The van der Waals surface area contributed by atoms with Gasteiger partial charge in [-0.1, -0.05) is 6.07 Å². The Morgan fingerprint density at radius 1 is 1.38 bits per heavy atom. The summed E-state index contributed by atoms with van der Waals surface area (Å²) in [7, 11) is 0. The van der Waals surface area contributed by atoms with Crippen molar-refractivity contribution in [1.29, 1.82) is 0 Å². The molecule has 1 saturated carbocycles. The molecule has 3 heteroatoms. The molecule has 0 spiro atoms. The lowest BCUT2D eigenvalue weighted by Crippen LogP contribution is -2.28. The second kappa shape index (κ2) is 5.30. The molecule has 0 radical (unpaired) electrons. The van der Waals surface area contributed by atoms with Crippen molar-refractivity contribution in [2.24, 2.45) is 11.7 Å². The number of nitrogens with two attached hydrogens (primary N) is 1. The van der Waals surface area contributed by atoms with Crippen LogP contribution in [0.1, 0.15) is 19.3 Å². The van der Waals surface area contributed by atoms with Crippen LogP contribution in [0.2, 0.25) is 0 Å². The van der Waals surface area contributed by atoms with Gasteiger partial charge in [0, 0.05) is 18.8 Å². The first-order valence-electron chi connectivity index (χ1n) is 6.00. The Bertz CT molecular complexity index is 336. The molecule has 0 unspecified atom stereocenters. The zero-order chi connectivity index (χ0) is 11.4. The van der Waals surface area contributed by atoms with Crippen molar-refractivity contribution in [1.82, 2.24) is 0 Å². The standard InChI is InChI=1S/C13H19FN2/c14-12-3-1-4-13(9-12)16(8-2-7-15)10-11-5-6-11/h1,3-4,9,11H,2,5-8,10,15H2. The highest BCUT2D eigenvalue weighted by atomic mass is 19.1. The van der Waals surface area contributed by atoms with E-state index in [0.717, 1.165) is 31.1 Å². The Morgan fingerprint density at radius 2 is 2.19 bits per heavy atom. The van der Waals surface area contributed by atoms with Gasteiger partial charge >= 0.3 is 0 Å². The first-order chi connectivity index (χ1) is 7.79. The van der Waals surface area contributed by atoms with E-state index in [1.54, 1.807) is 12.1 Å². The van der Waals surface area contributed by atoms with Gasteiger partial charge < -0.3 is 10.6 Å². The first kappa shape index (κ1) is 11.4. The van der Waals surface area contributed by atoms with Crippen LogP contribution in [-0.2, 0) is 0 Å². The van der Waals surface area contributed by atoms with Crippen molar-refractivity contribution in [3.63, 3.8) is 0 Å². The fourth-order valence-corrected chi connectivity index (χ4v) is 1.89. The van der Waals surface area contributed by atoms with Crippen molar-refractivity contribution in [2.75, 3.05) is 24.5 Å². The molecule has 2 rings (SSSR count). The smallest absolute Gasteiger partial charge is 0.125 e. The summed E-state index contributed by atoms with van der Waals surface area (Å²) in [5, 5.41) is 0. The van der Waals surface area contributed by atoms with Crippen LogP contribution < -0.4 is 10.6 Å². The molecule has 2 nitrogen and oxygen atoms in total. The summed E-state index contributed by atoms with van der Waals surface area (Å²) in [5.41, 5.74) is 6.52. The molecular weight excluding hydrogens is 203 g/mol. The third-order valence-corrected chi connectivity index (χ3v) is 2.98. The van der Waals surface area contributed by atoms with E-state index in [4.69, 9.17) is 5.73 Å². The van der Waals surface area contributed by atoms with Gasteiger partial charge in [-0.05, 0) is 49.9 Å².